The lowest BCUT2D eigenvalue weighted by Gasteiger charge is -2.27. The van der Waals surface area contributed by atoms with Gasteiger partial charge in [-0.05, 0) is 18.1 Å². The normalized spacial score (nSPS) is 16.1. The summed E-state index contributed by atoms with van der Waals surface area (Å²) in [6, 6.07) is 5.12. The van der Waals surface area contributed by atoms with E-state index in [4.69, 9.17) is 0 Å². The van der Waals surface area contributed by atoms with Gasteiger partial charge in [0.1, 0.15) is 0 Å². The second-order valence-corrected chi connectivity index (χ2v) is 6.14. The number of nitro groups is 1. The van der Waals surface area contributed by atoms with Crippen molar-refractivity contribution >= 4 is 23.1 Å². The van der Waals surface area contributed by atoms with Crippen molar-refractivity contribution in [3.63, 3.8) is 0 Å². The number of non-ortho nitro benzene ring substituents is 1. The lowest BCUT2D eigenvalue weighted by atomic mass is 10.1. The summed E-state index contributed by atoms with van der Waals surface area (Å²) in [7, 11) is 0. The van der Waals surface area contributed by atoms with Crippen LogP contribution in [-0.2, 0) is 6.54 Å². The summed E-state index contributed by atoms with van der Waals surface area (Å²) >= 11 is 1.97. The van der Waals surface area contributed by atoms with E-state index in [9.17, 15) is 10.1 Å². The standard InChI is InChI=1S/C14H21N3O2S/c1-2-5-15-14-4-3-13(17(18)19)10-12(14)11-16-6-8-20-9-7-16/h3-4,10,15H,2,5-9,11H2,1H3. The molecule has 1 saturated heterocycles. The summed E-state index contributed by atoms with van der Waals surface area (Å²) in [6.07, 6.45) is 1.04. The summed E-state index contributed by atoms with van der Waals surface area (Å²) in [5, 5.41) is 14.3. The quantitative estimate of drug-likeness (QED) is 0.646. The molecule has 1 aromatic carbocycles. The SMILES string of the molecule is CCCNc1ccc([N+](=O)[O-])cc1CN1CCSCC1. The van der Waals surface area contributed by atoms with E-state index in [0.717, 1.165) is 55.4 Å². The van der Waals surface area contributed by atoms with Crippen molar-refractivity contribution in [2.75, 3.05) is 36.5 Å². The van der Waals surface area contributed by atoms with E-state index >= 15 is 0 Å². The van der Waals surface area contributed by atoms with Gasteiger partial charge >= 0.3 is 0 Å². The van der Waals surface area contributed by atoms with Crippen LogP contribution in [0.25, 0.3) is 0 Å². The Labute approximate surface area is 123 Å². The van der Waals surface area contributed by atoms with Crippen LogP contribution >= 0.6 is 11.8 Å². The molecule has 110 valence electrons. The van der Waals surface area contributed by atoms with Gasteiger partial charge in [0.15, 0.2) is 0 Å². The molecule has 1 fully saturated rings. The highest BCUT2D eigenvalue weighted by molar-refractivity contribution is 7.99. The predicted octanol–water partition coefficient (Wildman–Crippen LogP) is 2.97. The summed E-state index contributed by atoms with van der Waals surface area (Å²) < 4.78 is 0. The second kappa shape index (κ2) is 7.50. The Morgan fingerprint density at radius 1 is 1.40 bits per heavy atom. The van der Waals surface area contributed by atoms with Crippen molar-refractivity contribution in [1.29, 1.82) is 0 Å². The van der Waals surface area contributed by atoms with Crippen molar-refractivity contribution < 1.29 is 4.92 Å². The van der Waals surface area contributed by atoms with Crippen molar-refractivity contribution in [3.8, 4) is 0 Å². The molecular weight excluding hydrogens is 274 g/mol. The molecule has 1 aliphatic rings. The molecular formula is C14H21N3O2S. The van der Waals surface area contributed by atoms with Crippen molar-refractivity contribution in [2.45, 2.75) is 19.9 Å². The molecule has 0 aliphatic carbocycles. The Bertz CT molecular complexity index is 462. The Morgan fingerprint density at radius 2 is 2.15 bits per heavy atom. The Kier molecular flexibility index (Phi) is 5.67. The number of nitro benzene ring substituents is 1. The third-order valence-electron chi connectivity index (χ3n) is 3.36. The van der Waals surface area contributed by atoms with Gasteiger partial charge in [0.05, 0.1) is 4.92 Å². The zero-order chi connectivity index (χ0) is 14.4. The van der Waals surface area contributed by atoms with Crippen molar-refractivity contribution in [3.05, 3.63) is 33.9 Å². The molecule has 0 saturated carbocycles. The van der Waals surface area contributed by atoms with Crippen LogP contribution in [0, 0.1) is 10.1 Å². The van der Waals surface area contributed by atoms with Crippen LogP contribution in [-0.4, -0.2) is 41.0 Å². The zero-order valence-electron chi connectivity index (χ0n) is 11.8. The van der Waals surface area contributed by atoms with Crippen LogP contribution in [0.5, 0.6) is 0 Å². The smallest absolute Gasteiger partial charge is 0.269 e. The van der Waals surface area contributed by atoms with Crippen LogP contribution in [0.3, 0.4) is 0 Å². The molecule has 0 unspecified atom stereocenters. The van der Waals surface area contributed by atoms with Gasteiger partial charge in [-0.3, -0.25) is 15.0 Å². The van der Waals surface area contributed by atoms with Gasteiger partial charge < -0.3 is 5.32 Å². The first-order chi connectivity index (χ1) is 9.70. The van der Waals surface area contributed by atoms with E-state index < -0.39 is 0 Å². The molecule has 2 rings (SSSR count). The molecule has 5 nitrogen and oxygen atoms in total. The van der Waals surface area contributed by atoms with Crippen molar-refractivity contribution in [2.24, 2.45) is 0 Å². The van der Waals surface area contributed by atoms with E-state index in [0.29, 0.717) is 0 Å². The second-order valence-electron chi connectivity index (χ2n) is 4.91. The molecule has 1 aliphatic heterocycles. The molecule has 0 aromatic heterocycles. The lowest BCUT2D eigenvalue weighted by Crippen LogP contribution is -2.32. The van der Waals surface area contributed by atoms with Crippen LogP contribution in [0.2, 0.25) is 0 Å². The molecule has 0 amide bonds. The molecule has 0 bridgehead atoms. The van der Waals surface area contributed by atoms with E-state index in [1.165, 1.54) is 0 Å². The maximum Gasteiger partial charge on any atom is 0.269 e. The molecule has 1 N–H and O–H groups in total. The Hall–Kier alpha value is -1.27. The number of rotatable bonds is 6. The van der Waals surface area contributed by atoms with Gasteiger partial charge in [-0.15, -0.1) is 0 Å². The van der Waals surface area contributed by atoms with Gasteiger partial charge in [-0.2, -0.15) is 11.8 Å². The van der Waals surface area contributed by atoms with Gasteiger partial charge in [0.2, 0.25) is 0 Å². The average molecular weight is 295 g/mol. The summed E-state index contributed by atoms with van der Waals surface area (Å²) in [6.45, 7) is 5.90. The third-order valence-corrected chi connectivity index (χ3v) is 4.31. The Morgan fingerprint density at radius 3 is 2.80 bits per heavy atom. The molecule has 6 heteroatoms. The number of nitrogens with zero attached hydrogens (tertiary/aromatic N) is 2. The van der Waals surface area contributed by atoms with Gasteiger partial charge in [0, 0.05) is 55.5 Å². The van der Waals surface area contributed by atoms with E-state index in [1.54, 1.807) is 12.1 Å². The van der Waals surface area contributed by atoms with Gasteiger partial charge in [-0.1, -0.05) is 6.92 Å². The van der Waals surface area contributed by atoms with Crippen LogP contribution < -0.4 is 5.32 Å². The van der Waals surface area contributed by atoms with E-state index in [-0.39, 0.29) is 10.6 Å². The highest BCUT2D eigenvalue weighted by Gasteiger charge is 2.15. The highest BCUT2D eigenvalue weighted by atomic mass is 32.2. The number of nitrogens with one attached hydrogen (secondary N) is 1. The molecule has 0 atom stereocenters. The monoisotopic (exact) mass is 295 g/mol. The van der Waals surface area contributed by atoms with Gasteiger partial charge in [-0.25, -0.2) is 0 Å². The first kappa shape index (κ1) is 15.1. The lowest BCUT2D eigenvalue weighted by molar-refractivity contribution is -0.384. The predicted molar refractivity (Wildman–Crippen MR) is 84.5 cm³/mol. The highest BCUT2D eigenvalue weighted by Crippen LogP contribution is 2.24. The average Bonchev–Trinajstić information content (AvgIpc) is 2.47. The number of hydrogen-bond donors (Lipinski definition) is 1. The topological polar surface area (TPSA) is 58.4 Å². The fourth-order valence-electron chi connectivity index (χ4n) is 2.26. The molecule has 0 radical (unpaired) electrons. The first-order valence-corrected chi connectivity index (χ1v) is 8.17. The van der Waals surface area contributed by atoms with Crippen LogP contribution in [0.4, 0.5) is 11.4 Å². The largest absolute Gasteiger partial charge is 0.385 e. The summed E-state index contributed by atoms with van der Waals surface area (Å²) in [5.74, 6) is 2.29. The maximum absolute atomic E-state index is 10.9. The minimum Gasteiger partial charge on any atom is -0.385 e. The summed E-state index contributed by atoms with van der Waals surface area (Å²) in [5.41, 5.74) is 2.23. The summed E-state index contributed by atoms with van der Waals surface area (Å²) in [4.78, 5) is 13.0. The fraction of sp³-hybridized carbons (Fsp3) is 0.571. The maximum atomic E-state index is 10.9. The van der Waals surface area contributed by atoms with Crippen molar-refractivity contribution in [1.82, 2.24) is 4.90 Å². The minimum absolute atomic E-state index is 0.174. The van der Waals surface area contributed by atoms with Gasteiger partial charge in [0.25, 0.3) is 5.69 Å². The number of benzene rings is 1. The molecule has 0 spiro atoms. The van der Waals surface area contributed by atoms with Crippen LogP contribution in [0.15, 0.2) is 18.2 Å². The first-order valence-electron chi connectivity index (χ1n) is 7.02. The Balaban J connectivity index is 2.16. The van der Waals surface area contributed by atoms with Crippen LogP contribution in [0.1, 0.15) is 18.9 Å². The fourth-order valence-corrected chi connectivity index (χ4v) is 3.24. The zero-order valence-corrected chi connectivity index (χ0v) is 12.6. The van der Waals surface area contributed by atoms with E-state index in [2.05, 4.69) is 17.1 Å². The minimum atomic E-state index is -0.320. The molecule has 1 heterocycles. The number of anilines is 1. The number of thioether (sulfide) groups is 1. The third kappa shape index (κ3) is 4.11. The molecule has 1 aromatic rings. The van der Waals surface area contributed by atoms with E-state index in [1.807, 2.05) is 17.8 Å². The number of hydrogen-bond acceptors (Lipinski definition) is 5. The molecule has 20 heavy (non-hydrogen) atoms.